The third kappa shape index (κ3) is 3.74. The summed E-state index contributed by atoms with van der Waals surface area (Å²) in [6.07, 6.45) is -16.2. The Morgan fingerprint density at radius 2 is 1.79 bits per heavy atom. The van der Waals surface area contributed by atoms with Gasteiger partial charge in [-0.2, -0.15) is 31.3 Å². The van der Waals surface area contributed by atoms with Gasteiger partial charge >= 0.3 is 24.3 Å². The molecule has 0 N–H and O–H groups in total. The molecule has 0 unspecified atom stereocenters. The lowest BCUT2D eigenvalue weighted by atomic mass is 10.1. The lowest BCUT2D eigenvalue weighted by Gasteiger charge is -2.22. The predicted octanol–water partition coefficient (Wildman–Crippen LogP) is 0.481. The molecule has 1 saturated heterocycles. The van der Waals surface area contributed by atoms with E-state index in [1.54, 1.807) is 0 Å². The maximum atomic E-state index is 12.5. The van der Waals surface area contributed by atoms with Crippen LogP contribution < -0.4 is 10.3 Å². The first-order valence-electron chi connectivity index (χ1n) is 7.30. The number of nitrogens with zero attached hydrogens (tertiary/aromatic N) is 2. The lowest BCUT2D eigenvalue weighted by molar-refractivity contribution is -0.213. The molecule has 2 aliphatic rings. The van der Waals surface area contributed by atoms with Crippen molar-refractivity contribution in [3.05, 3.63) is 22.7 Å². The molecular formula is C13H8F6N2O7. The number of aromatic nitrogens is 2. The number of rotatable bonds is 3. The van der Waals surface area contributed by atoms with E-state index in [2.05, 4.69) is 14.5 Å². The molecule has 0 aromatic carbocycles. The fourth-order valence-electron chi connectivity index (χ4n) is 2.58. The fraction of sp³-hybridized carbons (Fsp3) is 0.538. The molecule has 0 radical (unpaired) electrons. The number of carbonyl (C=O) groups is 2. The van der Waals surface area contributed by atoms with Crippen LogP contribution >= 0.6 is 0 Å². The second-order valence-corrected chi connectivity index (χ2v) is 5.58. The number of esters is 2. The molecule has 9 nitrogen and oxygen atoms in total. The average Bonchev–Trinajstić information content (AvgIpc) is 3.06. The molecule has 3 rings (SSSR count). The van der Waals surface area contributed by atoms with Gasteiger partial charge in [0.05, 0.1) is 6.07 Å². The van der Waals surface area contributed by atoms with Crippen LogP contribution in [0.15, 0.2) is 17.2 Å². The first-order chi connectivity index (χ1) is 12.9. The van der Waals surface area contributed by atoms with Gasteiger partial charge in [0.15, 0.2) is 18.4 Å². The van der Waals surface area contributed by atoms with Gasteiger partial charge in [0.2, 0.25) is 5.88 Å². The topological polar surface area (TPSA) is 106 Å². The molecule has 0 aliphatic carbocycles. The molecule has 1 aromatic heterocycles. The van der Waals surface area contributed by atoms with Crippen LogP contribution in [-0.4, -0.2) is 58.8 Å². The van der Waals surface area contributed by atoms with Gasteiger partial charge in [0, 0.05) is 0 Å². The van der Waals surface area contributed by atoms with E-state index in [-0.39, 0.29) is 5.88 Å². The van der Waals surface area contributed by atoms with Gasteiger partial charge in [-0.25, -0.2) is 9.59 Å². The Hall–Kier alpha value is -2.84. The zero-order chi connectivity index (χ0) is 20.9. The van der Waals surface area contributed by atoms with E-state index in [0.29, 0.717) is 0 Å². The van der Waals surface area contributed by atoms with Crippen molar-refractivity contribution in [3.63, 3.8) is 0 Å². The molecule has 154 valence electrons. The van der Waals surface area contributed by atoms with Gasteiger partial charge in [-0.1, -0.05) is 0 Å². The molecule has 0 bridgehead atoms. The van der Waals surface area contributed by atoms with Gasteiger partial charge in [0.1, 0.15) is 19.0 Å². The summed E-state index contributed by atoms with van der Waals surface area (Å²) in [5, 5.41) is 0. The molecule has 0 saturated carbocycles. The van der Waals surface area contributed by atoms with Gasteiger partial charge in [-0.3, -0.25) is 9.36 Å². The molecule has 2 aliphatic heterocycles. The van der Waals surface area contributed by atoms with Crippen LogP contribution in [-0.2, 0) is 23.8 Å². The van der Waals surface area contributed by atoms with Crippen LogP contribution in [0.25, 0.3) is 0 Å². The van der Waals surface area contributed by atoms with Crippen LogP contribution in [0.4, 0.5) is 26.3 Å². The Morgan fingerprint density at radius 3 is 2.39 bits per heavy atom. The summed E-state index contributed by atoms with van der Waals surface area (Å²) in [6.45, 7) is -1.17. The Morgan fingerprint density at radius 1 is 1.14 bits per heavy atom. The van der Waals surface area contributed by atoms with Gasteiger partial charge in [0.25, 0.3) is 5.56 Å². The minimum Gasteiger partial charge on any atom is -0.466 e. The minimum atomic E-state index is -5.41. The molecule has 1 aromatic rings. The Balaban J connectivity index is 1.82. The van der Waals surface area contributed by atoms with Crippen LogP contribution in [0.3, 0.4) is 0 Å². The molecule has 4 atom stereocenters. The molecule has 0 amide bonds. The highest BCUT2D eigenvalue weighted by Gasteiger charge is 2.56. The number of fused-ring (bicyclic) bond motifs is 3. The summed E-state index contributed by atoms with van der Waals surface area (Å²) in [4.78, 5) is 36.6. The highest BCUT2D eigenvalue weighted by atomic mass is 19.4. The number of ether oxygens (including phenoxy) is 4. The minimum absolute atomic E-state index is 0.172. The normalized spacial score (nSPS) is 26.2. The van der Waals surface area contributed by atoms with E-state index in [1.165, 1.54) is 0 Å². The van der Waals surface area contributed by atoms with Crippen molar-refractivity contribution in [1.29, 1.82) is 0 Å². The quantitative estimate of drug-likeness (QED) is 0.516. The first kappa shape index (κ1) is 19.9. The summed E-state index contributed by atoms with van der Waals surface area (Å²) in [5.41, 5.74) is -0.745. The van der Waals surface area contributed by atoms with Crippen molar-refractivity contribution >= 4 is 11.9 Å². The van der Waals surface area contributed by atoms with E-state index < -0.39 is 61.0 Å². The summed E-state index contributed by atoms with van der Waals surface area (Å²) in [7, 11) is 0. The van der Waals surface area contributed by atoms with Gasteiger partial charge < -0.3 is 18.9 Å². The van der Waals surface area contributed by atoms with Gasteiger partial charge in [-0.05, 0) is 0 Å². The zero-order valence-corrected chi connectivity index (χ0v) is 13.2. The van der Waals surface area contributed by atoms with Crippen molar-refractivity contribution in [3.8, 4) is 5.88 Å². The maximum absolute atomic E-state index is 12.5. The number of alkyl halides is 6. The Labute approximate surface area is 149 Å². The average molecular weight is 418 g/mol. The van der Waals surface area contributed by atoms with E-state index in [1.807, 2.05) is 0 Å². The lowest BCUT2D eigenvalue weighted by Crippen LogP contribution is -2.43. The third-order valence-corrected chi connectivity index (χ3v) is 3.71. The number of hydrogen-bond donors (Lipinski definition) is 0. The Kier molecular flexibility index (Phi) is 4.73. The number of halogens is 6. The van der Waals surface area contributed by atoms with E-state index in [9.17, 15) is 40.7 Å². The Bertz CT molecular complexity index is 851. The van der Waals surface area contributed by atoms with E-state index in [0.717, 1.165) is 17.0 Å². The van der Waals surface area contributed by atoms with Crippen molar-refractivity contribution in [2.45, 2.75) is 36.9 Å². The van der Waals surface area contributed by atoms with Crippen molar-refractivity contribution in [2.75, 3.05) is 6.61 Å². The highest BCUT2D eigenvalue weighted by Crippen LogP contribution is 2.41. The van der Waals surface area contributed by atoms with Crippen LogP contribution in [0.1, 0.15) is 6.23 Å². The molecule has 3 heterocycles. The van der Waals surface area contributed by atoms with Crippen molar-refractivity contribution in [2.24, 2.45) is 0 Å². The summed E-state index contributed by atoms with van der Waals surface area (Å²) in [6, 6.07) is 0.878. The number of carbonyl (C=O) groups excluding carboxylic acids is 2. The summed E-state index contributed by atoms with van der Waals surface area (Å²) >= 11 is 0. The standard InChI is InChI=1S/C13H8F6N2O7/c14-12(15,16)10(23)25-2-4-7(28-11(24)13(17,18)19)8-9(26-4)21-3-20-5(22)1-6(21)27-8/h1,3-4,7-9H,2H2/t4-,7-,8+,9-/m1/s1. The summed E-state index contributed by atoms with van der Waals surface area (Å²) in [5.74, 6) is -5.43. The molecule has 28 heavy (non-hydrogen) atoms. The summed E-state index contributed by atoms with van der Waals surface area (Å²) < 4.78 is 94.0. The SMILES string of the molecule is O=C(OC[C@H]1O[C@@H]2[C@@H](Oc3cc(=O)ncn32)[C@@H]1OC(=O)C(F)(F)F)C(F)(F)F. The maximum Gasteiger partial charge on any atom is 0.490 e. The van der Waals surface area contributed by atoms with Crippen LogP contribution in [0, 0.1) is 0 Å². The largest absolute Gasteiger partial charge is 0.490 e. The fourth-order valence-corrected chi connectivity index (χ4v) is 2.58. The van der Waals surface area contributed by atoms with Crippen LogP contribution in [0.2, 0.25) is 0 Å². The first-order valence-corrected chi connectivity index (χ1v) is 7.30. The van der Waals surface area contributed by atoms with Crippen LogP contribution in [0.5, 0.6) is 5.88 Å². The molecule has 1 fully saturated rings. The van der Waals surface area contributed by atoms with E-state index >= 15 is 0 Å². The monoisotopic (exact) mass is 418 g/mol. The smallest absolute Gasteiger partial charge is 0.466 e. The van der Waals surface area contributed by atoms with Crippen molar-refractivity contribution in [1.82, 2.24) is 9.55 Å². The molecular weight excluding hydrogens is 410 g/mol. The van der Waals surface area contributed by atoms with E-state index in [4.69, 9.17) is 9.47 Å². The highest BCUT2D eigenvalue weighted by molar-refractivity contribution is 5.76. The predicted molar refractivity (Wildman–Crippen MR) is 69.8 cm³/mol. The molecule has 0 spiro atoms. The van der Waals surface area contributed by atoms with Crippen molar-refractivity contribution < 1.29 is 54.9 Å². The van der Waals surface area contributed by atoms with Gasteiger partial charge in [-0.15, -0.1) is 0 Å². The second-order valence-electron chi connectivity index (χ2n) is 5.58. The zero-order valence-electron chi connectivity index (χ0n) is 13.2. The second kappa shape index (κ2) is 6.65. The number of hydrogen-bond acceptors (Lipinski definition) is 8. The molecule has 15 heteroatoms. The third-order valence-electron chi connectivity index (χ3n) is 3.71.